The number of alkyl halides is 3. The van der Waals surface area contributed by atoms with Crippen LogP contribution in [0.5, 0.6) is 0 Å². The van der Waals surface area contributed by atoms with E-state index in [4.69, 9.17) is 15.2 Å². The molecule has 0 aliphatic carbocycles. The summed E-state index contributed by atoms with van der Waals surface area (Å²) < 4.78 is 61.7. The summed E-state index contributed by atoms with van der Waals surface area (Å²) >= 11 is 0. The second kappa shape index (κ2) is 14.8. The van der Waals surface area contributed by atoms with Gasteiger partial charge in [0.15, 0.2) is 0 Å². The summed E-state index contributed by atoms with van der Waals surface area (Å²) in [6.07, 6.45) is -5.02. The van der Waals surface area contributed by atoms with Gasteiger partial charge in [-0.1, -0.05) is 60.7 Å². The van der Waals surface area contributed by atoms with E-state index >= 15 is 0 Å². The molecule has 0 saturated carbocycles. The van der Waals surface area contributed by atoms with Gasteiger partial charge in [-0.05, 0) is 47.7 Å². The number of ether oxygens (including phenoxy) is 2. The van der Waals surface area contributed by atoms with Crippen LogP contribution in [0.3, 0.4) is 0 Å². The van der Waals surface area contributed by atoms with E-state index in [1.807, 2.05) is 60.7 Å². The van der Waals surface area contributed by atoms with Crippen LogP contribution in [-0.2, 0) is 20.7 Å². The van der Waals surface area contributed by atoms with E-state index < -0.39 is 42.5 Å². The number of anilines is 1. The predicted octanol–water partition coefficient (Wildman–Crippen LogP) is 4.50. The quantitative estimate of drug-likeness (QED) is 0.227. The first kappa shape index (κ1) is 31.8. The molecule has 1 heterocycles. The highest BCUT2D eigenvalue weighted by atomic mass is 19.4. The van der Waals surface area contributed by atoms with Crippen LogP contribution in [-0.4, -0.2) is 62.7 Å². The lowest BCUT2D eigenvalue weighted by molar-refractivity contribution is -0.124. The molecule has 0 aromatic heterocycles. The number of amides is 2. The first-order chi connectivity index (χ1) is 20.6. The second-order valence-electron chi connectivity index (χ2n) is 10.3. The number of aryl methyl sites for hydroxylation is 1. The molecule has 4 rings (SSSR count). The Morgan fingerprint density at radius 2 is 1.67 bits per heavy atom. The van der Waals surface area contributed by atoms with Crippen molar-refractivity contribution in [1.82, 2.24) is 10.6 Å². The van der Waals surface area contributed by atoms with E-state index in [1.165, 1.54) is 12.1 Å². The van der Waals surface area contributed by atoms with Crippen LogP contribution in [0.25, 0.3) is 0 Å². The number of morpholine rings is 1. The minimum Gasteiger partial charge on any atom is -0.448 e. The molecule has 230 valence electrons. The van der Waals surface area contributed by atoms with Gasteiger partial charge in [-0.25, -0.2) is 9.18 Å². The number of carbonyl (C=O) groups is 2. The van der Waals surface area contributed by atoms with Crippen LogP contribution in [0.1, 0.15) is 29.0 Å². The molecular weight excluding hydrogens is 568 g/mol. The molecular formula is C31H34F4N4O4. The van der Waals surface area contributed by atoms with Gasteiger partial charge < -0.3 is 31.2 Å². The molecule has 8 nitrogen and oxygen atoms in total. The number of hydrogen-bond acceptors (Lipinski definition) is 6. The molecule has 1 saturated heterocycles. The van der Waals surface area contributed by atoms with Crippen molar-refractivity contribution in [2.75, 3.05) is 31.6 Å². The van der Waals surface area contributed by atoms with Gasteiger partial charge in [0.1, 0.15) is 25.0 Å². The molecule has 1 aliphatic heterocycles. The fourth-order valence-corrected chi connectivity index (χ4v) is 4.97. The van der Waals surface area contributed by atoms with Crippen molar-refractivity contribution in [3.8, 4) is 0 Å². The van der Waals surface area contributed by atoms with Crippen LogP contribution < -0.4 is 21.7 Å². The van der Waals surface area contributed by atoms with Crippen LogP contribution in [0.15, 0.2) is 78.9 Å². The highest BCUT2D eigenvalue weighted by Crippen LogP contribution is 2.31. The lowest BCUT2D eigenvalue weighted by Crippen LogP contribution is -2.49. The third kappa shape index (κ3) is 9.69. The maximum absolute atomic E-state index is 14.3. The average molecular weight is 603 g/mol. The average Bonchev–Trinajstić information content (AvgIpc) is 2.99. The number of nitrogens with one attached hydrogen (secondary N) is 3. The van der Waals surface area contributed by atoms with E-state index in [2.05, 4.69) is 10.6 Å². The number of nitrogens with two attached hydrogens (primary N) is 1. The fourth-order valence-electron chi connectivity index (χ4n) is 4.97. The topological polar surface area (TPSA) is 115 Å². The molecule has 1 aliphatic rings. The SMILES string of the molecule is NC(=O)[C@@H](Nc1ccc(F)cc1CC[C@@H]1CN[C@H](COC(=O)NCC(F)(F)F)CO1)C(c1ccccc1)c1ccccc1. The number of benzene rings is 3. The van der Waals surface area contributed by atoms with E-state index in [9.17, 15) is 27.2 Å². The van der Waals surface area contributed by atoms with E-state index in [0.29, 0.717) is 30.6 Å². The molecule has 3 atom stereocenters. The summed E-state index contributed by atoms with van der Waals surface area (Å²) in [4.78, 5) is 24.3. The van der Waals surface area contributed by atoms with Crippen LogP contribution >= 0.6 is 0 Å². The lowest BCUT2D eigenvalue weighted by Gasteiger charge is -2.31. The molecule has 43 heavy (non-hydrogen) atoms. The van der Waals surface area contributed by atoms with E-state index in [1.54, 1.807) is 11.4 Å². The molecule has 0 spiro atoms. The predicted molar refractivity (Wildman–Crippen MR) is 153 cm³/mol. The van der Waals surface area contributed by atoms with Gasteiger partial charge in [0.05, 0.1) is 18.8 Å². The van der Waals surface area contributed by atoms with Gasteiger partial charge in [-0.15, -0.1) is 0 Å². The van der Waals surface area contributed by atoms with Gasteiger partial charge in [0, 0.05) is 18.2 Å². The maximum atomic E-state index is 14.3. The van der Waals surface area contributed by atoms with Crippen LogP contribution in [0, 0.1) is 5.82 Å². The van der Waals surface area contributed by atoms with Crippen molar-refractivity contribution < 1.29 is 36.6 Å². The Balaban J connectivity index is 1.38. The zero-order chi connectivity index (χ0) is 30.8. The Hall–Kier alpha value is -4.16. The van der Waals surface area contributed by atoms with Gasteiger partial charge in [0.25, 0.3) is 0 Å². The highest BCUT2D eigenvalue weighted by Gasteiger charge is 2.31. The summed E-state index contributed by atoms with van der Waals surface area (Å²) in [6.45, 7) is -1.07. The Morgan fingerprint density at radius 1 is 1.02 bits per heavy atom. The smallest absolute Gasteiger partial charge is 0.407 e. The third-order valence-electron chi connectivity index (χ3n) is 7.09. The first-order valence-electron chi connectivity index (χ1n) is 13.9. The second-order valence-corrected chi connectivity index (χ2v) is 10.3. The van der Waals surface area contributed by atoms with Crippen LogP contribution in [0.2, 0.25) is 0 Å². The van der Waals surface area contributed by atoms with E-state index in [-0.39, 0.29) is 25.4 Å². The monoisotopic (exact) mass is 602 g/mol. The van der Waals surface area contributed by atoms with Crippen molar-refractivity contribution in [1.29, 1.82) is 0 Å². The maximum Gasteiger partial charge on any atom is 0.407 e. The Kier molecular flexibility index (Phi) is 11.0. The zero-order valence-electron chi connectivity index (χ0n) is 23.3. The molecule has 0 unspecified atom stereocenters. The minimum atomic E-state index is -4.53. The Bertz CT molecular complexity index is 1300. The Morgan fingerprint density at radius 3 is 2.23 bits per heavy atom. The largest absolute Gasteiger partial charge is 0.448 e. The van der Waals surface area contributed by atoms with Gasteiger partial charge >= 0.3 is 12.3 Å². The number of alkyl carbamates (subject to hydrolysis) is 1. The van der Waals surface area contributed by atoms with E-state index in [0.717, 1.165) is 11.1 Å². The summed E-state index contributed by atoms with van der Waals surface area (Å²) in [7, 11) is 0. The number of rotatable bonds is 12. The van der Waals surface area contributed by atoms with Gasteiger partial charge in [0.2, 0.25) is 5.91 Å². The summed E-state index contributed by atoms with van der Waals surface area (Å²) in [6, 6.07) is 22.2. The number of carbonyl (C=O) groups excluding carboxylic acids is 2. The molecule has 5 N–H and O–H groups in total. The molecule has 12 heteroatoms. The molecule has 3 aromatic carbocycles. The van der Waals surface area contributed by atoms with Crippen molar-refractivity contribution in [2.45, 2.75) is 43.1 Å². The lowest BCUT2D eigenvalue weighted by atomic mass is 9.84. The summed E-state index contributed by atoms with van der Waals surface area (Å²) in [5.74, 6) is -1.39. The number of hydrogen-bond donors (Lipinski definition) is 4. The highest BCUT2D eigenvalue weighted by molar-refractivity contribution is 5.85. The molecule has 2 amide bonds. The molecule has 3 aromatic rings. The van der Waals surface area contributed by atoms with Gasteiger partial charge in [-0.3, -0.25) is 4.79 Å². The number of halogens is 4. The first-order valence-corrected chi connectivity index (χ1v) is 13.9. The Labute approximate surface area is 246 Å². The van der Waals surface area contributed by atoms with Crippen molar-refractivity contribution in [3.63, 3.8) is 0 Å². The fraction of sp³-hybridized carbons (Fsp3) is 0.355. The third-order valence-corrected chi connectivity index (χ3v) is 7.09. The van der Waals surface area contributed by atoms with Gasteiger partial charge in [-0.2, -0.15) is 13.2 Å². The van der Waals surface area contributed by atoms with Crippen molar-refractivity contribution in [2.24, 2.45) is 5.73 Å². The van der Waals surface area contributed by atoms with Crippen molar-refractivity contribution >= 4 is 17.7 Å². The standard InChI is InChI=1S/C31H34F4N4O4/c32-23-12-14-26(39-28(29(36)40)27(20-7-3-1-4-8-20)21-9-5-2-6-10-21)22(15-23)11-13-25-16-37-24(17-42-25)18-43-30(41)38-19-31(33,34)35/h1-10,12,14-15,24-25,27-28,37,39H,11,13,16-19H2,(H2,36,40)(H,38,41)/t24-,25+,28-/m0/s1. The summed E-state index contributed by atoms with van der Waals surface area (Å²) in [5.41, 5.74) is 8.94. The summed E-state index contributed by atoms with van der Waals surface area (Å²) in [5, 5.41) is 8.09. The minimum absolute atomic E-state index is 0.160. The van der Waals surface area contributed by atoms with Crippen molar-refractivity contribution in [3.05, 3.63) is 101 Å². The molecule has 0 radical (unpaired) electrons. The zero-order valence-corrected chi connectivity index (χ0v) is 23.3. The normalized spacial score (nSPS) is 17.7. The van der Waals surface area contributed by atoms with Crippen LogP contribution in [0.4, 0.5) is 28.0 Å². The molecule has 1 fully saturated rings. The molecule has 0 bridgehead atoms. The number of primary amides is 1.